The fourth-order valence-electron chi connectivity index (χ4n) is 8.35. The van der Waals surface area contributed by atoms with E-state index in [1.807, 2.05) is 94.5 Å². The number of aliphatic hydroxyl groups is 1. The summed E-state index contributed by atoms with van der Waals surface area (Å²) >= 11 is 0. The number of amides is 1. The maximum absolute atomic E-state index is 13.7. The summed E-state index contributed by atoms with van der Waals surface area (Å²) in [7, 11) is -9.84. The lowest BCUT2D eigenvalue weighted by molar-refractivity contribution is -0.212. The van der Waals surface area contributed by atoms with E-state index in [1.165, 1.54) is 63.3 Å². The third kappa shape index (κ3) is 11.1. The van der Waals surface area contributed by atoms with Crippen molar-refractivity contribution in [3.8, 4) is 0 Å². The van der Waals surface area contributed by atoms with Crippen LogP contribution in [0.1, 0.15) is 90.2 Å². The second-order valence-corrected chi connectivity index (χ2v) is 29.0. The van der Waals surface area contributed by atoms with Crippen LogP contribution in [0.2, 0.25) is 23.2 Å². The average Bonchev–Trinajstić information content (AvgIpc) is 3.37. The molecule has 4 aromatic rings. The van der Waals surface area contributed by atoms with Crippen LogP contribution in [-0.2, 0) is 22.7 Å². The molecule has 1 amide bonds. The number of aliphatic imine (C=N–C) groups is 1. The van der Waals surface area contributed by atoms with E-state index in [1.54, 1.807) is 30.3 Å². The number of nitrogens with zero attached hydrogens (tertiary/aromatic N) is 4. The number of carbonyl (C=O) groups excluding carboxylic acids is 1. The van der Waals surface area contributed by atoms with Crippen LogP contribution >= 0.6 is 8.25 Å². The van der Waals surface area contributed by atoms with Gasteiger partial charge in [0.1, 0.15) is 18.0 Å². The van der Waals surface area contributed by atoms with Crippen molar-refractivity contribution in [2.45, 2.75) is 121 Å². The summed E-state index contributed by atoms with van der Waals surface area (Å²) in [6, 6.07) is 29.6. The molecule has 1 unspecified atom stereocenters. The standard InChI is InChI=1S/C38H50N3O9PSi2.C9H16N2/c1-36(2,3)52(7,8)49-32-34(41-25-24-31(40-35(41)43)39-33(42)27-18-12-9-13-19-27)48-30(38(32,44)50-51(45)46)26-47-53(37(4,5)6,28-20-14-10-15-21-28)29-22-16-11-17-23-29;1-2-5-9-10-6-4-8-11(9)7-3-1/h9-25,30,32,34,44,51H,26H2,1-8H3,(H,45,46)(H,39,40,42,43);1-8H2/t30-,32+,34-,38+;/m1./s1. The van der Waals surface area contributed by atoms with Gasteiger partial charge in [0, 0.05) is 37.8 Å². The summed E-state index contributed by atoms with van der Waals surface area (Å²) in [4.78, 5) is 47.9. The van der Waals surface area contributed by atoms with E-state index < -0.39 is 65.7 Å². The minimum Gasteiger partial charge on any atom is -0.405 e. The highest BCUT2D eigenvalue weighted by Crippen LogP contribution is 2.49. The summed E-state index contributed by atoms with van der Waals surface area (Å²) < 4.78 is 39.6. The van der Waals surface area contributed by atoms with Gasteiger partial charge in [0.25, 0.3) is 14.2 Å². The molecule has 2 fully saturated rings. The molecule has 3 aromatic carbocycles. The molecule has 7 rings (SSSR count). The van der Waals surface area contributed by atoms with Gasteiger partial charge in [-0.15, -0.1) is 0 Å². The molecular weight excluding hydrogens is 866 g/mol. The number of rotatable bonds is 12. The lowest BCUT2D eigenvalue weighted by Gasteiger charge is -2.44. The highest BCUT2D eigenvalue weighted by Gasteiger charge is 2.63. The summed E-state index contributed by atoms with van der Waals surface area (Å²) in [6.07, 6.45) is 3.75. The van der Waals surface area contributed by atoms with Crippen LogP contribution in [0.5, 0.6) is 0 Å². The van der Waals surface area contributed by atoms with Gasteiger partial charge in [0.05, 0.1) is 12.4 Å². The first-order chi connectivity index (χ1) is 30.3. The SMILES string of the molecule is C1CCC2=NCCCN2CC1.CC(C)(C)[Si](C)(C)O[C@H]1[C@H](n2ccc(NC(=O)c3ccccc3)nc2=O)O[C@H](CO[Si](c2ccccc2)(c2ccccc2)C(C)(C)C)[C@]1(O)O[PH](=O)O. The summed E-state index contributed by atoms with van der Waals surface area (Å²) in [6.45, 7) is 19.5. The van der Waals surface area contributed by atoms with Crippen molar-refractivity contribution in [1.29, 1.82) is 0 Å². The largest absolute Gasteiger partial charge is 0.405 e. The van der Waals surface area contributed by atoms with Gasteiger partial charge in [-0.25, -0.2) is 4.79 Å². The third-order valence-electron chi connectivity index (χ3n) is 12.7. The molecular formula is C47H66N5O9PSi2. The van der Waals surface area contributed by atoms with Gasteiger partial charge >= 0.3 is 13.9 Å². The normalized spacial score (nSPS) is 22.3. The zero-order valence-corrected chi connectivity index (χ0v) is 41.5. The smallest absolute Gasteiger partial charge is 0.351 e. The van der Waals surface area contributed by atoms with Crippen LogP contribution in [0.4, 0.5) is 5.82 Å². The monoisotopic (exact) mass is 931 g/mol. The van der Waals surface area contributed by atoms with Crippen molar-refractivity contribution in [2.24, 2.45) is 4.99 Å². The zero-order chi connectivity index (χ0) is 46.3. The number of benzene rings is 3. The molecule has 64 heavy (non-hydrogen) atoms. The molecule has 0 bridgehead atoms. The van der Waals surface area contributed by atoms with E-state index in [9.17, 15) is 24.2 Å². The van der Waals surface area contributed by atoms with Gasteiger partial charge in [-0.05, 0) is 71.0 Å². The lowest BCUT2D eigenvalue weighted by Crippen LogP contribution is -2.67. The number of hydrogen-bond acceptors (Lipinski definition) is 11. The molecule has 4 heterocycles. The Morgan fingerprint density at radius 3 is 2.03 bits per heavy atom. The van der Waals surface area contributed by atoms with E-state index in [-0.39, 0.29) is 17.5 Å². The minimum absolute atomic E-state index is 0.00143. The summed E-state index contributed by atoms with van der Waals surface area (Å²) in [5.74, 6) is -1.61. The van der Waals surface area contributed by atoms with Gasteiger partial charge in [-0.2, -0.15) is 4.98 Å². The highest BCUT2D eigenvalue weighted by molar-refractivity contribution is 7.32. The Labute approximate surface area is 380 Å². The Bertz CT molecular complexity index is 2250. The van der Waals surface area contributed by atoms with Crippen LogP contribution in [0, 0.1) is 0 Å². The predicted octanol–water partition coefficient (Wildman–Crippen LogP) is 7.11. The topological polar surface area (TPSA) is 174 Å². The molecule has 3 N–H and O–H groups in total. The van der Waals surface area contributed by atoms with Gasteiger partial charge in [-0.3, -0.25) is 23.4 Å². The molecule has 1 aromatic heterocycles. The van der Waals surface area contributed by atoms with Crippen molar-refractivity contribution in [1.82, 2.24) is 14.5 Å². The minimum atomic E-state index is -3.81. The number of nitrogens with one attached hydrogen (secondary N) is 1. The molecule has 346 valence electrons. The maximum Gasteiger partial charge on any atom is 0.351 e. The quantitative estimate of drug-likeness (QED) is 0.0751. The Hall–Kier alpha value is -4.10. The average molecular weight is 932 g/mol. The molecule has 0 aliphatic carbocycles. The van der Waals surface area contributed by atoms with Crippen LogP contribution in [0.25, 0.3) is 0 Å². The van der Waals surface area contributed by atoms with Crippen LogP contribution in [0.3, 0.4) is 0 Å². The van der Waals surface area contributed by atoms with Crippen LogP contribution in [0.15, 0.2) is 113 Å². The first kappa shape index (κ1) is 49.3. The van der Waals surface area contributed by atoms with Crippen molar-refractivity contribution in [2.75, 3.05) is 31.6 Å². The third-order valence-corrected chi connectivity index (χ3v) is 22.7. The number of carbonyl (C=O) groups is 1. The number of anilines is 1. The predicted molar refractivity (Wildman–Crippen MR) is 257 cm³/mol. The Kier molecular flexibility index (Phi) is 15.9. The van der Waals surface area contributed by atoms with Gasteiger partial charge in [-0.1, -0.05) is 127 Å². The number of aromatic nitrogens is 2. The Morgan fingerprint density at radius 2 is 1.47 bits per heavy atom. The number of ether oxygens (including phenoxy) is 1. The molecule has 3 aliphatic heterocycles. The van der Waals surface area contributed by atoms with Gasteiger partial charge in [0.2, 0.25) is 5.79 Å². The molecule has 5 atom stereocenters. The van der Waals surface area contributed by atoms with Gasteiger partial charge in [0.15, 0.2) is 14.5 Å². The van der Waals surface area contributed by atoms with Crippen molar-refractivity contribution in [3.05, 3.63) is 119 Å². The summed E-state index contributed by atoms with van der Waals surface area (Å²) in [5, 5.41) is 16.3. The van der Waals surface area contributed by atoms with E-state index >= 15 is 0 Å². The molecule has 0 radical (unpaired) electrons. The number of amidine groups is 1. The molecule has 0 spiro atoms. The first-order valence-corrected chi connectivity index (χ1v) is 28.3. The van der Waals surface area contributed by atoms with Crippen molar-refractivity contribution >= 4 is 52.8 Å². The van der Waals surface area contributed by atoms with Crippen molar-refractivity contribution < 1.29 is 37.5 Å². The fourth-order valence-corrected chi connectivity index (χ4v) is 14.7. The second kappa shape index (κ2) is 20.6. The lowest BCUT2D eigenvalue weighted by atomic mass is 10.1. The summed E-state index contributed by atoms with van der Waals surface area (Å²) in [5.41, 5.74) is -0.442. The Morgan fingerprint density at radius 1 is 0.875 bits per heavy atom. The fraction of sp³-hybridized carbons (Fsp3) is 0.489. The molecule has 17 heteroatoms. The number of fused-ring (bicyclic) bond motifs is 1. The maximum atomic E-state index is 13.7. The van der Waals surface area contributed by atoms with Crippen molar-refractivity contribution in [3.63, 3.8) is 0 Å². The first-order valence-electron chi connectivity index (χ1n) is 22.2. The van der Waals surface area contributed by atoms with E-state index in [0.29, 0.717) is 5.56 Å². The van der Waals surface area contributed by atoms with Crippen LogP contribution < -0.4 is 21.4 Å². The van der Waals surface area contributed by atoms with E-state index in [2.05, 4.69) is 41.0 Å². The van der Waals surface area contributed by atoms with Crippen LogP contribution in [-0.4, -0.2) is 97.1 Å². The highest BCUT2D eigenvalue weighted by atomic mass is 31.1. The zero-order valence-electron chi connectivity index (χ0n) is 38.5. The second-order valence-electron chi connectivity index (χ2n) is 19.2. The molecule has 14 nitrogen and oxygen atoms in total. The Balaban J connectivity index is 0.000000533. The van der Waals surface area contributed by atoms with E-state index in [4.69, 9.17) is 18.1 Å². The molecule has 2 saturated heterocycles. The molecule has 0 saturated carbocycles. The number of hydrogen-bond donors (Lipinski definition) is 3. The van der Waals surface area contributed by atoms with E-state index in [0.717, 1.165) is 21.5 Å². The van der Waals surface area contributed by atoms with Gasteiger partial charge < -0.3 is 33.8 Å². The molecule has 3 aliphatic rings.